The quantitative estimate of drug-likeness (QED) is 0.417. The molecular formula is C10H15N3. The molecule has 0 aliphatic carbocycles. The van der Waals surface area contributed by atoms with Gasteiger partial charge >= 0.3 is 0 Å². The average molecular weight is 177 g/mol. The van der Waals surface area contributed by atoms with E-state index in [4.69, 9.17) is 5.84 Å². The molecule has 0 bridgehead atoms. The molecule has 3 nitrogen and oxygen atoms in total. The summed E-state index contributed by atoms with van der Waals surface area (Å²) in [5, 5.41) is 0. The van der Waals surface area contributed by atoms with Crippen LogP contribution in [0.5, 0.6) is 0 Å². The fourth-order valence-electron chi connectivity index (χ4n) is 1.18. The van der Waals surface area contributed by atoms with E-state index in [1.54, 1.807) is 6.20 Å². The molecule has 13 heavy (non-hydrogen) atoms. The smallest absolute Gasteiger partial charge is 0.0668 e. The molecule has 70 valence electrons. The zero-order valence-electron chi connectivity index (χ0n) is 7.83. The molecule has 0 aliphatic heterocycles. The van der Waals surface area contributed by atoms with Gasteiger partial charge in [-0.25, -0.2) is 0 Å². The molecule has 1 rings (SSSR count). The Balaban J connectivity index is 2.73. The molecule has 0 saturated heterocycles. The van der Waals surface area contributed by atoms with Crippen molar-refractivity contribution in [2.24, 2.45) is 5.84 Å². The first-order valence-corrected chi connectivity index (χ1v) is 4.25. The Morgan fingerprint density at radius 1 is 1.69 bits per heavy atom. The lowest BCUT2D eigenvalue weighted by molar-refractivity contribution is 0.537. The summed E-state index contributed by atoms with van der Waals surface area (Å²) < 4.78 is 0. The van der Waals surface area contributed by atoms with Crippen LogP contribution >= 0.6 is 0 Å². The SMILES string of the molecule is C=C(C)CC(NN)c1ccccn1. The monoisotopic (exact) mass is 177 g/mol. The van der Waals surface area contributed by atoms with Gasteiger partial charge in [-0.05, 0) is 25.5 Å². The van der Waals surface area contributed by atoms with Crippen molar-refractivity contribution in [2.75, 3.05) is 0 Å². The minimum Gasteiger partial charge on any atom is -0.271 e. The molecule has 1 aromatic rings. The number of aromatic nitrogens is 1. The van der Waals surface area contributed by atoms with E-state index in [0.29, 0.717) is 0 Å². The maximum atomic E-state index is 5.42. The largest absolute Gasteiger partial charge is 0.271 e. The zero-order chi connectivity index (χ0) is 9.68. The highest BCUT2D eigenvalue weighted by atomic mass is 15.2. The molecule has 1 heterocycles. The van der Waals surface area contributed by atoms with Gasteiger partial charge in [0.1, 0.15) is 0 Å². The van der Waals surface area contributed by atoms with E-state index in [-0.39, 0.29) is 6.04 Å². The normalized spacial score (nSPS) is 12.5. The Morgan fingerprint density at radius 3 is 2.92 bits per heavy atom. The molecule has 0 amide bonds. The first kappa shape index (κ1) is 9.89. The number of hydrazine groups is 1. The second-order valence-electron chi connectivity index (χ2n) is 3.14. The van der Waals surface area contributed by atoms with Crippen LogP contribution in [0.3, 0.4) is 0 Å². The van der Waals surface area contributed by atoms with Crippen molar-refractivity contribution in [3.05, 3.63) is 42.2 Å². The van der Waals surface area contributed by atoms with E-state index in [9.17, 15) is 0 Å². The summed E-state index contributed by atoms with van der Waals surface area (Å²) in [6, 6.07) is 5.86. The van der Waals surface area contributed by atoms with Crippen LogP contribution in [-0.2, 0) is 0 Å². The topological polar surface area (TPSA) is 50.9 Å². The highest BCUT2D eigenvalue weighted by Crippen LogP contribution is 2.16. The van der Waals surface area contributed by atoms with E-state index in [1.165, 1.54) is 0 Å². The van der Waals surface area contributed by atoms with E-state index >= 15 is 0 Å². The molecule has 0 spiro atoms. The van der Waals surface area contributed by atoms with Crippen molar-refractivity contribution in [1.29, 1.82) is 0 Å². The van der Waals surface area contributed by atoms with Gasteiger partial charge in [0.05, 0.1) is 11.7 Å². The molecule has 1 atom stereocenters. The number of rotatable bonds is 4. The number of nitrogens with one attached hydrogen (secondary N) is 1. The van der Waals surface area contributed by atoms with Crippen LogP contribution in [-0.4, -0.2) is 4.98 Å². The van der Waals surface area contributed by atoms with Crippen LogP contribution in [0.2, 0.25) is 0 Å². The Bertz CT molecular complexity index is 269. The van der Waals surface area contributed by atoms with E-state index < -0.39 is 0 Å². The third-order valence-electron chi connectivity index (χ3n) is 1.80. The predicted molar refractivity (Wildman–Crippen MR) is 53.7 cm³/mol. The summed E-state index contributed by atoms with van der Waals surface area (Å²) in [6.45, 7) is 5.82. The van der Waals surface area contributed by atoms with Gasteiger partial charge in [0, 0.05) is 6.20 Å². The lowest BCUT2D eigenvalue weighted by Gasteiger charge is -2.14. The van der Waals surface area contributed by atoms with E-state index in [1.807, 2.05) is 25.1 Å². The van der Waals surface area contributed by atoms with Crippen molar-refractivity contribution in [3.63, 3.8) is 0 Å². The summed E-state index contributed by atoms with van der Waals surface area (Å²) in [7, 11) is 0. The van der Waals surface area contributed by atoms with Crippen molar-refractivity contribution in [3.8, 4) is 0 Å². The molecule has 0 fully saturated rings. The van der Waals surface area contributed by atoms with Crippen molar-refractivity contribution in [1.82, 2.24) is 10.4 Å². The number of hydrogen-bond acceptors (Lipinski definition) is 3. The van der Waals surface area contributed by atoms with Crippen molar-refractivity contribution >= 4 is 0 Å². The third-order valence-corrected chi connectivity index (χ3v) is 1.80. The van der Waals surface area contributed by atoms with Gasteiger partial charge in [0.2, 0.25) is 0 Å². The average Bonchev–Trinajstić information content (AvgIpc) is 2.15. The Labute approximate surface area is 78.6 Å². The Kier molecular flexibility index (Phi) is 3.61. The first-order valence-electron chi connectivity index (χ1n) is 4.25. The van der Waals surface area contributed by atoms with E-state index in [0.717, 1.165) is 17.7 Å². The summed E-state index contributed by atoms with van der Waals surface area (Å²) in [5.74, 6) is 5.42. The van der Waals surface area contributed by atoms with Gasteiger partial charge in [-0.15, -0.1) is 6.58 Å². The maximum Gasteiger partial charge on any atom is 0.0668 e. The minimum absolute atomic E-state index is 0.0682. The Morgan fingerprint density at radius 2 is 2.46 bits per heavy atom. The summed E-state index contributed by atoms with van der Waals surface area (Å²) in [4.78, 5) is 4.22. The maximum absolute atomic E-state index is 5.42. The van der Waals surface area contributed by atoms with Crippen LogP contribution < -0.4 is 11.3 Å². The summed E-state index contributed by atoms with van der Waals surface area (Å²) in [5.41, 5.74) is 4.77. The fraction of sp³-hybridized carbons (Fsp3) is 0.300. The second-order valence-corrected chi connectivity index (χ2v) is 3.14. The number of hydrogen-bond donors (Lipinski definition) is 2. The van der Waals surface area contributed by atoms with Crippen molar-refractivity contribution in [2.45, 2.75) is 19.4 Å². The summed E-state index contributed by atoms with van der Waals surface area (Å²) in [6.07, 6.45) is 2.58. The minimum atomic E-state index is 0.0682. The van der Waals surface area contributed by atoms with Crippen LogP contribution in [0.15, 0.2) is 36.5 Å². The molecule has 3 N–H and O–H groups in total. The standard InChI is InChI=1S/C10H15N3/c1-8(2)7-10(13-11)9-5-3-4-6-12-9/h3-6,10,13H,1,7,11H2,2H3. The molecule has 0 aromatic carbocycles. The van der Waals surface area contributed by atoms with Crippen molar-refractivity contribution < 1.29 is 0 Å². The van der Waals surface area contributed by atoms with Gasteiger partial charge in [-0.3, -0.25) is 16.3 Å². The fourth-order valence-corrected chi connectivity index (χ4v) is 1.18. The molecule has 0 radical (unpaired) electrons. The number of pyridine rings is 1. The molecule has 1 aromatic heterocycles. The van der Waals surface area contributed by atoms with Gasteiger partial charge < -0.3 is 0 Å². The number of nitrogens with zero attached hydrogens (tertiary/aromatic N) is 1. The Hall–Kier alpha value is -1.19. The van der Waals surface area contributed by atoms with Gasteiger partial charge in [0.15, 0.2) is 0 Å². The summed E-state index contributed by atoms with van der Waals surface area (Å²) >= 11 is 0. The molecular weight excluding hydrogens is 162 g/mol. The van der Waals surface area contributed by atoms with Gasteiger partial charge in [0.25, 0.3) is 0 Å². The molecule has 1 unspecified atom stereocenters. The highest BCUT2D eigenvalue weighted by Gasteiger charge is 2.09. The lowest BCUT2D eigenvalue weighted by Crippen LogP contribution is -2.28. The van der Waals surface area contributed by atoms with Gasteiger partial charge in [-0.2, -0.15) is 0 Å². The van der Waals surface area contributed by atoms with Crippen LogP contribution in [0.1, 0.15) is 25.1 Å². The third kappa shape index (κ3) is 2.97. The van der Waals surface area contributed by atoms with Gasteiger partial charge in [-0.1, -0.05) is 11.6 Å². The second kappa shape index (κ2) is 4.74. The van der Waals surface area contributed by atoms with E-state index in [2.05, 4.69) is 17.0 Å². The molecule has 0 saturated carbocycles. The highest BCUT2D eigenvalue weighted by molar-refractivity contribution is 5.11. The van der Waals surface area contributed by atoms with Crippen LogP contribution in [0, 0.1) is 0 Å². The first-order chi connectivity index (χ1) is 6.24. The lowest BCUT2D eigenvalue weighted by atomic mass is 10.1. The van der Waals surface area contributed by atoms with Crippen LogP contribution in [0.25, 0.3) is 0 Å². The number of nitrogens with two attached hydrogens (primary N) is 1. The zero-order valence-corrected chi connectivity index (χ0v) is 7.83. The van der Waals surface area contributed by atoms with Crippen LogP contribution in [0.4, 0.5) is 0 Å². The molecule has 3 heteroatoms. The molecule has 0 aliphatic rings. The predicted octanol–water partition coefficient (Wildman–Crippen LogP) is 1.55.